The summed E-state index contributed by atoms with van der Waals surface area (Å²) in [5.41, 5.74) is 0. The number of ether oxygens (including phenoxy) is 1. The highest BCUT2D eigenvalue weighted by atomic mass is 16.6. The molecule has 0 amide bonds. The molecule has 5 atom stereocenters. The van der Waals surface area contributed by atoms with E-state index in [1.807, 2.05) is 0 Å². The van der Waals surface area contributed by atoms with Crippen LogP contribution in [0.4, 0.5) is 0 Å². The van der Waals surface area contributed by atoms with Gasteiger partial charge in [0.2, 0.25) is 0 Å². The van der Waals surface area contributed by atoms with Crippen LogP contribution in [0.5, 0.6) is 0 Å². The Labute approximate surface area is 144 Å². The van der Waals surface area contributed by atoms with Crippen LogP contribution in [0.3, 0.4) is 0 Å². The van der Waals surface area contributed by atoms with E-state index in [4.69, 9.17) is 9.84 Å². The third kappa shape index (κ3) is 8.42. The Hall–Kier alpha value is -0.690. The number of carboxylic acids is 1. The van der Waals surface area contributed by atoms with Gasteiger partial charge in [-0.05, 0) is 19.3 Å². The van der Waals surface area contributed by atoms with Crippen LogP contribution in [0.1, 0.15) is 77.6 Å². The zero-order valence-electron chi connectivity index (χ0n) is 14.8. The van der Waals surface area contributed by atoms with Crippen molar-refractivity contribution in [2.75, 3.05) is 0 Å². The molecule has 0 spiro atoms. The smallest absolute Gasteiger partial charge is 0.303 e. The van der Waals surface area contributed by atoms with Crippen LogP contribution in [0.25, 0.3) is 0 Å². The summed E-state index contributed by atoms with van der Waals surface area (Å²) in [7, 11) is 0. The van der Waals surface area contributed by atoms with E-state index in [0.717, 1.165) is 44.9 Å². The topological polar surface area (TPSA) is 111 Å². The van der Waals surface area contributed by atoms with Crippen LogP contribution >= 0.6 is 0 Å². The largest absolute Gasteiger partial charge is 0.481 e. The Bertz CT molecular complexity index is 348. The van der Waals surface area contributed by atoms with Crippen LogP contribution in [-0.4, -0.2) is 56.9 Å². The molecule has 1 fully saturated rings. The molecule has 4 N–H and O–H groups in total. The van der Waals surface area contributed by atoms with Crippen LogP contribution < -0.4 is 0 Å². The van der Waals surface area contributed by atoms with Crippen molar-refractivity contribution in [1.82, 2.24) is 0 Å². The maximum Gasteiger partial charge on any atom is 0.303 e. The fourth-order valence-electron chi connectivity index (χ4n) is 3.04. The van der Waals surface area contributed by atoms with Crippen molar-refractivity contribution < 1.29 is 30.0 Å². The Kier molecular flexibility index (Phi) is 10.5. The first kappa shape index (κ1) is 21.4. The van der Waals surface area contributed by atoms with Crippen molar-refractivity contribution >= 4 is 5.97 Å². The van der Waals surface area contributed by atoms with Gasteiger partial charge in [0.25, 0.3) is 0 Å². The van der Waals surface area contributed by atoms with Crippen molar-refractivity contribution in [2.45, 2.75) is 108 Å². The predicted octanol–water partition coefficient (Wildman–Crippen LogP) is 2.23. The second-order valence-electron chi connectivity index (χ2n) is 6.89. The first-order valence-electron chi connectivity index (χ1n) is 9.38. The number of carboxylic acid groups (broad SMARTS) is 1. The number of hydrogen-bond acceptors (Lipinski definition) is 5. The van der Waals surface area contributed by atoms with E-state index < -0.39 is 30.4 Å². The van der Waals surface area contributed by atoms with E-state index in [-0.39, 0.29) is 12.5 Å². The molecule has 1 aliphatic rings. The molecule has 1 rings (SSSR count). The van der Waals surface area contributed by atoms with Gasteiger partial charge in [0.05, 0.1) is 12.2 Å². The number of epoxide rings is 1. The van der Waals surface area contributed by atoms with Gasteiger partial charge in [-0.1, -0.05) is 51.9 Å². The molecule has 0 aromatic rings. The van der Waals surface area contributed by atoms with Gasteiger partial charge in [-0.25, -0.2) is 0 Å². The predicted molar refractivity (Wildman–Crippen MR) is 90.8 cm³/mol. The van der Waals surface area contributed by atoms with Crippen LogP contribution in [0.2, 0.25) is 0 Å². The minimum atomic E-state index is -0.919. The lowest BCUT2D eigenvalue weighted by Crippen LogP contribution is -2.34. The SMILES string of the molecule is CCCCCC(O)C(O)C1OC1C(O)CCCCCCCC(=O)O. The van der Waals surface area contributed by atoms with Crippen molar-refractivity contribution in [3.05, 3.63) is 0 Å². The van der Waals surface area contributed by atoms with Crippen LogP contribution in [0, 0.1) is 0 Å². The van der Waals surface area contributed by atoms with Gasteiger partial charge >= 0.3 is 5.97 Å². The standard InChI is InChI=1S/C18H34O6/c1-2-3-7-10-13(19)16(23)18-17(24-18)14(20)11-8-5-4-6-9-12-15(21)22/h13-14,16-20,23H,2-12H2,1H3,(H,21,22). The number of aliphatic hydroxyl groups excluding tert-OH is 3. The Balaban J connectivity index is 2.06. The average Bonchev–Trinajstić information content (AvgIpc) is 3.33. The normalized spacial score (nSPS) is 23.7. The molecule has 24 heavy (non-hydrogen) atoms. The quantitative estimate of drug-likeness (QED) is 0.267. The summed E-state index contributed by atoms with van der Waals surface area (Å²) in [6.07, 6.45) is 5.63. The summed E-state index contributed by atoms with van der Waals surface area (Å²) < 4.78 is 5.36. The highest BCUT2D eigenvalue weighted by Gasteiger charge is 2.50. The lowest BCUT2D eigenvalue weighted by atomic mass is 9.98. The number of rotatable bonds is 15. The molecule has 142 valence electrons. The van der Waals surface area contributed by atoms with E-state index in [2.05, 4.69) is 6.92 Å². The van der Waals surface area contributed by atoms with Crippen LogP contribution in [0.15, 0.2) is 0 Å². The maximum absolute atomic E-state index is 10.4. The van der Waals surface area contributed by atoms with Gasteiger partial charge in [-0.3, -0.25) is 4.79 Å². The number of hydrogen-bond donors (Lipinski definition) is 4. The summed E-state index contributed by atoms with van der Waals surface area (Å²) in [6.45, 7) is 2.09. The molecule has 1 saturated heterocycles. The molecule has 0 bridgehead atoms. The van der Waals surface area contributed by atoms with E-state index in [1.54, 1.807) is 0 Å². The average molecular weight is 346 g/mol. The summed E-state index contributed by atoms with van der Waals surface area (Å²) >= 11 is 0. The third-order valence-corrected chi connectivity index (χ3v) is 4.67. The first-order valence-corrected chi connectivity index (χ1v) is 9.38. The fraction of sp³-hybridized carbons (Fsp3) is 0.944. The zero-order chi connectivity index (χ0) is 17.9. The highest BCUT2D eigenvalue weighted by Crippen LogP contribution is 2.32. The van der Waals surface area contributed by atoms with E-state index in [9.17, 15) is 20.1 Å². The summed E-state index contributed by atoms with van der Waals surface area (Å²) in [5.74, 6) is -0.752. The van der Waals surface area contributed by atoms with E-state index in [0.29, 0.717) is 19.3 Å². The van der Waals surface area contributed by atoms with E-state index >= 15 is 0 Å². The molecule has 0 radical (unpaired) electrons. The van der Waals surface area contributed by atoms with Crippen molar-refractivity contribution in [1.29, 1.82) is 0 Å². The Morgan fingerprint density at radius 1 is 0.917 bits per heavy atom. The minimum Gasteiger partial charge on any atom is -0.481 e. The van der Waals surface area contributed by atoms with E-state index in [1.165, 1.54) is 0 Å². The van der Waals surface area contributed by atoms with Gasteiger partial charge in [0.15, 0.2) is 0 Å². The van der Waals surface area contributed by atoms with Crippen molar-refractivity contribution in [3.63, 3.8) is 0 Å². The van der Waals surface area contributed by atoms with Gasteiger partial charge in [-0.15, -0.1) is 0 Å². The molecule has 6 nitrogen and oxygen atoms in total. The Morgan fingerprint density at radius 3 is 2.21 bits per heavy atom. The molecule has 0 aliphatic carbocycles. The summed E-state index contributed by atoms with van der Waals surface area (Å²) in [6, 6.07) is 0. The van der Waals surface area contributed by atoms with Gasteiger partial charge in [0, 0.05) is 6.42 Å². The number of aliphatic carboxylic acids is 1. The maximum atomic E-state index is 10.4. The zero-order valence-corrected chi connectivity index (χ0v) is 14.8. The van der Waals surface area contributed by atoms with Gasteiger partial charge in [-0.2, -0.15) is 0 Å². The molecule has 1 heterocycles. The number of aliphatic hydroxyl groups is 3. The van der Waals surface area contributed by atoms with Gasteiger partial charge < -0.3 is 25.2 Å². The monoisotopic (exact) mass is 346 g/mol. The molecular formula is C18H34O6. The summed E-state index contributed by atoms with van der Waals surface area (Å²) in [4.78, 5) is 10.4. The van der Waals surface area contributed by atoms with Crippen molar-refractivity contribution in [3.8, 4) is 0 Å². The summed E-state index contributed by atoms with van der Waals surface area (Å²) in [5, 5.41) is 38.6. The number of unbranched alkanes of at least 4 members (excludes halogenated alkanes) is 6. The first-order chi connectivity index (χ1) is 11.5. The molecule has 6 heteroatoms. The van der Waals surface area contributed by atoms with Crippen LogP contribution in [-0.2, 0) is 9.53 Å². The van der Waals surface area contributed by atoms with Crippen molar-refractivity contribution in [2.24, 2.45) is 0 Å². The van der Waals surface area contributed by atoms with Gasteiger partial charge in [0.1, 0.15) is 18.3 Å². The second-order valence-corrected chi connectivity index (χ2v) is 6.89. The fourth-order valence-corrected chi connectivity index (χ4v) is 3.04. The third-order valence-electron chi connectivity index (χ3n) is 4.67. The molecule has 0 aromatic carbocycles. The second kappa shape index (κ2) is 11.8. The minimum absolute atomic E-state index is 0.221. The Morgan fingerprint density at radius 2 is 1.54 bits per heavy atom. The molecular weight excluding hydrogens is 312 g/mol. The lowest BCUT2D eigenvalue weighted by molar-refractivity contribution is -0.137. The molecule has 0 saturated carbocycles. The highest BCUT2D eigenvalue weighted by molar-refractivity contribution is 5.66. The lowest BCUT2D eigenvalue weighted by Gasteiger charge is -2.16. The molecule has 1 aliphatic heterocycles. The molecule has 0 aromatic heterocycles. The molecule has 5 unspecified atom stereocenters. The number of carbonyl (C=O) groups is 1.